The molecule has 160 valence electrons. The first-order valence-electron chi connectivity index (χ1n) is 9.55. The van der Waals surface area contributed by atoms with Gasteiger partial charge in [0.05, 0.1) is 35.8 Å². The maximum Gasteiger partial charge on any atom is 0.433 e. The molecule has 4 heterocycles. The van der Waals surface area contributed by atoms with Crippen molar-refractivity contribution < 1.29 is 13.2 Å². The molecule has 8 nitrogen and oxygen atoms in total. The van der Waals surface area contributed by atoms with Crippen molar-refractivity contribution >= 4 is 16.7 Å². The summed E-state index contributed by atoms with van der Waals surface area (Å²) in [6.45, 7) is 0.214. The third kappa shape index (κ3) is 3.87. The van der Waals surface area contributed by atoms with Crippen LogP contribution in [0.2, 0.25) is 0 Å². The van der Waals surface area contributed by atoms with Gasteiger partial charge in [-0.2, -0.15) is 18.3 Å². The lowest BCUT2D eigenvalue weighted by Crippen LogP contribution is -2.09. The Morgan fingerprint density at radius 2 is 1.75 bits per heavy atom. The van der Waals surface area contributed by atoms with Gasteiger partial charge in [-0.3, -0.25) is 9.97 Å². The monoisotopic (exact) mass is 436 g/mol. The zero-order valence-corrected chi connectivity index (χ0v) is 16.4. The van der Waals surface area contributed by atoms with Crippen LogP contribution < -0.4 is 5.32 Å². The molecule has 0 spiro atoms. The zero-order chi connectivity index (χ0) is 22.1. The fraction of sp³-hybridized carbons (Fsp3) is 0.0952. The third-order valence-corrected chi connectivity index (χ3v) is 4.76. The van der Waals surface area contributed by atoms with Gasteiger partial charge in [0, 0.05) is 18.1 Å². The van der Waals surface area contributed by atoms with E-state index in [-0.39, 0.29) is 6.54 Å². The Balaban J connectivity index is 1.30. The van der Waals surface area contributed by atoms with Gasteiger partial charge >= 0.3 is 6.18 Å². The van der Waals surface area contributed by atoms with E-state index in [1.165, 1.54) is 6.07 Å². The molecule has 0 aliphatic heterocycles. The molecule has 4 aromatic heterocycles. The predicted octanol–water partition coefficient (Wildman–Crippen LogP) is 4.03. The molecule has 5 aromatic rings. The van der Waals surface area contributed by atoms with E-state index in [2.05, 4.69) is 30.7 Å². The maximum absolute atomic E-state index is 12.8. The lowest BCUT2D eigenvalue weighted by atomic mass is 10.2. The second kappa shape index (κ2) is 7.76. The number of anilines is 1. The summed E-state index contributed by atoms with van der Waals surface area (Å²) in [4.78, 5) is 7.63. The summed E-state index contributed by atoms with van der Waals surface area (Å²) in [5.41, 5.74) is 3.28. The van der Waals surface area contributed by atoms with Crippen LogP contribution in [0.5, 0.6) is 0 Å². The van der Waals surface area contributed by atoms with Crippen LogP contribution in [0.4, 0.5) is 18.9 Å². The maximum atomic E-state index is 12.8. The zero-order valence-electron chi connectivity index (χ0n) is 16.4. The van der Waals surface area contributed by atoms with Crippen LogP contribution in [0.3, 0.4) is 0 Å². The Labute approximate surface area is 179 Å². The minimum absolute atomic E-state index is 0.214. The van der Waals surface area contributed by atoms with Gasteiger partial charge in [0.15, 0.2) is 0 Å². The van der Waals surface area contributed by atoms with E-state index in [1.807, 2.05) is 36.4 Å². The van der Waals surface area contributed by atoms with Gasteiger partial charge < -0.3 is 5.32 Å². The van der Waals surface area contributed by atoms with Gasteiger partial charge in [-0.05, 0) is 48.5 Å². The van der Waals surface area contributed by atoms with Crippen molar-refractivity contribution in [1.82, 2.24) is 34.7 Å². The molecule has 0 atom stereocenters. The number of hydrogen-bond acceptors (Lipinski definition) is 6. The van der Waals surface area contributed by atoms with Crippen LogP contribution in [0.25, 0.3) is 22.4 Å². The molecule has 0 bridgehead atoms. The van der Waals surface area contributed by atoms with E-state index in [0.717, 1.165) is 34.7 Å². The molecule has 0 radical (unpaired) electrons. The van der Waals surface area contributed by atoms with E-state index in [9.17, 15) is 13.2 Å². The van der Waals surface area contributed by atoms with Crippen molar-refractivity contribution in [2.24, 2.45) is 0 Å². The van der Waals surface area contributed by atoms with Crippen LogP contribution in [0.15, 0.2) is 73.3 Å². The van der Waals surface area contributed by atoms with Crippen molar-refractivity contribution in [2.45, 2.75) is 12.7 Å². The van der Waals surface area contributed by atoms with E-state index in [1.54, 1.807) is 28.0 Å². The predicted molar refractivity (Wildman–Crippen MR) is 110 cm³/mol. The average Bonchev–Trinajstić information content (AvgIpc) is 3.45. The quantitative estimate of drug-likeness (QED) is 0.448. The highest BCUT2D eigenvalue weighted by Crippen LogP contribution is 2.28. The Kier molecular flexibility index (Phi) is 4.77. The molecule has 32 heavy (non-hydrogen) atoms. The minimum Gasteiger partial charge on any atom is -0.379 e. The van der Waals surface area contributed by atoms with Crippen LogP contribution >= 0.6 is 0 Å². The minimum atomic E-state index is -4.49. The van der Waals surface area contributed by atoms with Gasteiger partial charge in [0.2, 0.25) is 0 Å². The number of hydrogen-bond donors (Lipinski definition) is 1. The molecular formula is C21H15F3N8. The number of nitrogens with zero attached hydrogens (tertiary/aromatic N) is 7. The van der Waals surface area contributed by atoms with E-state index in [4.69, 9.17) is 0 Å². The number of benzene rings is 1. The van der Waals surface area contributed by atoms with Crippen molar-refractivity contribution in [1.29, 1.82) is 0 Å². The van der Waals surface area contributed by atoms with Gasteiger partial charge in [0.25, 0.3) is 0 Å². The molecular weight excluding hydrogens is 421 g/mol. The summed E-state index contributed by atoms with van der Waals surface area (Å²) < 4.78 is 41.8. The summed E-state index contributed by atoms with van der Waals surface area (Å²) in [6.07, 6.45) is 1.76. The third-order valence-electron chi connectivity index (χ3n) is 4.76. The first-order chi connectivity index (χ1) is 15.5. The van der Waals surface area contributed by atoms with Crippen molar-refractivity contribution in [3.63, 3.8) is 0 Å². The van der Waals surface area contributed by atoms with Crippen LogP contribution in [0, 0.1) is 0 Å². The fourth-order valence-corrected chi connectivity index (χ4v) is 3.21. The molecule has 0 aliphatic rings. The molecule has 0 fully saturated rings. The molecule has 0 saturated heterocycles. The number of alkyl halides is 3. The van der Waals surface area contributed by atoms with Crippen molar-refractivity contribution in [2.75, 3.05) is 5.32 Å². The largest absolute Gasteiger partial charge is 0.433 e. The molecule has 0 unspecified atom stereocenters. The summed E-state index contributed by atoms with van der Waals surface area (Å²) >= 11 is 0. The fourth-order valence-electron chi connectivity index (χ4n) is 3.21. The van der Waals surface area contributed by atoms with Gasteiger partial charge in [0.1, 0.15) is 16.9 Å². The highest BCUT2D eigenvalue weighted by molar-refractivity contribution is 5.75. The Bertz CT molecular complexity index is 1370. The van der Waals surface area contributed by atoms with Gasteiger partial charge in [-0.1, -0.05) is 5.21 Å². The second-order valence-corrected chi connectivity index (χ2v) is 6.92. The molecule has 11 heteroatoms. The Morgan fingerprint density at radius 3 is 2.56 bits per heavy atom. The van der Waals surface area contributed by atoms with Gasteiger partial charge in [-0.25, -0.2) is 9.36 Å². The highest BCUT2D eigenvalue weighted by Gasteiger charge is 2.32. The molecule has 0 aliphatic carbocycles. The molecule has 5 rings (SSSR count). The lowest BCUT2D eigenvalue weighted by molar-refractivity contribution is -0.141. The standard InChI is InChI=1S/C21H15F3N8/c22-21(23,24)20-10-14(7-9-26-20)27-11-15-13-31(30-29-15)16-3-5-17(6-4-16)32-19-2-1-8-25-18(19)12-28-32/h1-10,12-13H,11H2,(H,26,27). The van der Waals surface area contributed by atoms with Crippen LogP contribution in [-0.4, -0.2) is 34.7 Å². The number of rotatable bonds is 5. The highest BCUT2D eigenvalue weighted by atomic mass is 19.4. The summed E-state index contributed by atoms with van der Waals surface area (Å²) in [5.74, 6) is 0. The van der Waals surface area contributed by atoms with E-state index >= 15 is 0 Å². The van der Waals surface area contributed by atoms with Crippen LogP contribution in [-0.2, 0) is 12.7 Å². The average molecular weight is 436 g/mol. The van der Waals surface area contributed by atoms with E-state index < -0.39 is 11.9 Å². The van der Waals surface area contributed by atoms with Crippen molar-refractivity contribution in [3.05, 3.63) is 84.7 Å². The van der Waals surface area contributed by atoms with E-state index in [0.29, 0.717) is 11.4 Å². The SMILES string of the molecule is FC(F)(F)c1cc(NCc2cn(-c3ccc(-n4ncc5ncccc54)cc3)nn2)ccn1. The summed E-state index contributed by atoms with van der Waals surface area (Å²) in [6, 6.07) is 13.8. The molecule has 0 amide bonds. The second-order valence-electron chi connectivity index (χ2n) is 6.92. The number of halogens is 3. The number of aromatic nitrogens is 7. The number of pyridine rings is 2. The van der Waals surface area contributed by atoms with Crippen molar-refractivity contribution in [3.8, 4) is 11.4 Å². The summed E-state index contributed by atoms with van der Waals surface area (Å²) in [7, 11) is 0. The van der Waals surface area contributed by atoms with Gasteiger partial charge in [-0.15, -0.1) is 5.10 Å². The number of nitrogens with one attached hydrogen (secondary N) is 1. The number of fused-ring (bicyclic) bond motifs is 1. The first-order valence-corrected chi connectivity index (χ1v) is 9.55. The molecule has 1 N–H and O–H groups in total. The Hall–Kier alpha value is -4.28. The normalized spacial score (nSPS) is 11.7. The Morgan fingerprint density at radius 1 is 0.938 bits per heavy atom. The smallest absolute Gasteiger partial charge is 0.379 e. The molecule has 0 saturated carbocycles. The topological polar surface area (TPSA) is 86.3 Å². The first kappa shape index (κ1) is 19.7. The summed E-state index contributed by atoms with van der Waals surface area (Å²) in [5, 5.41) is 15.5. The lowest BCUT2D eigenvalue weighted by Gasteiger charge is -2.08. The van der Waals surface area contributed by atoms with Crippen LogP contribution in [0.1, 0.15) is 11.4 Å². The molecule has 1 aromatic carbocycles.